The van der Waals surface area contributed by atoms with Gasteiger partial charge >= 0.3 is 0 Å². The van der Waals surface area contributed by atoms with Gasteiger partial charge in [0.15, 0.2) is 9.84 Å². The second kappa shape index (κ2) is 9.52. The summed E-state index contributed by atoms with van der Waals surface area (Å²) in [5.41, 5.74) is 2.18. The molecule has 3 aromatic rings. The molecule has 4 nitrogen and oxygen atoms in total. The van der Waals surface area contributed by atoms with Crippen molar-refractivity contribution in [2.45, 2.75) is 30.5 Å². The maximum absolute atomic E-state index is 13.1. The third-order valence-corrected chi connectivity index (χ3v) is 6.33. The van der Waals surface area contributed by atoms with E-state index in [-0.39, 0.29) is 16.6 Å². The first-order valence-electron chi connectivity index (χ1n) is 9.69. The third-order valence-electron chi connectivity index (χ3n) is 4.63. The fraction of sp³-hybridized carbons (Fsp3) is 0.208. The quantitative estimate of drug-likeness (QED) is 0.543. The number of hydrogen-bond acceptors (Lipinski definition) is 3. The van der Waals surface area contributed by atoms with E-state index in [4.69, 9.17) is 0 Å². The van der Waals surface area contributed by atoms with Crippen LogP contribution in [-0.4, -0.2) is 25.8 Å². The Morgan fingerprint density at radius 3 is 2.10 bits per heavy atom. The van der Waals surface area contributed by atoms with Crippen molar-refractivity contribution in [3.8, 4) is 0 Å². The van der Waals surface area contributed by atoms with Crippen LogP contribution in [0.5, 0.6) is 0 Å². The van der Waals surface area contributed by atoms with E-state index in [0.717, 1.165) is 12.0 Å². The minimum Gasteiger partial charge on any atom is -0.334 e. The summed E-state index contributed by atoms with van der Waals surface area (Å²) in [6.45, 7) is 3.20. The lowest BCUT2D eigenvalue weighted by molar-refractivity contribution is 0.0743. The molecule has 0 aromatic heterocycles. The summed E-state index contributed by atoms with van der Waals surface area (Å²) >= 11 is 0. The minimum atomic E-state index is -3.46. The summed E-state index contributed by atoms with van der Waals surface area (Å²) in [4.78, 5) is 15.2. The standard InChI is InChI=1S/C24H25NO3S/c1-2-16-25(18-20-10-5-3-6-11-20)24(26)22-13-9-12-21(17-22)19-29(27,28)23-14-7-4-8-15-23/h3-15,17H,2,16,18-19H2,1H3. The summed E-state index contributed by atoms with van der Waals surface area (Å²) in [5.74, 6) is -0.223. The molecule has 0 aliphatic rings. The topological polar surface area (TPSA) is 54.5 Å². The fourth-order valence-corrected chi connectivity index (χ4v) is 4.59. The first-order valence-corrected chi connectivity index (χ1v) is 11.3. The maximum Gasteiger partial charge on any atom is 0.254 e. The van der Waals surface area contributed by atoms with Crippen molar-refractivity contribution < 1.29 is 13.2 Å². The van der Waals surface area contributed by atoms with E-state index in [9.17, 15) is 13.2 Å². The second-order valence-corrected chi connectivity index (χ2v) is 8.97. The Kier molecular flexibility index (Phi) is 6.83. The number of carbonyl (C=O) groups excluding carboxylic acids is 1. The van der Waals surface area contributed by atoms with Gasteiger partial charge in [0.25, 0.3) is 5.91 Å². The zero-order chi connectivity index (χ0) is 20.7. The number of rotatable bonds is 8. The van der Waals surface area contributed by atoms with Crippen LogP contribution in [0, 0.1) is 0 Å². The van der Waals surface area contributed by atoms with Crippen LogP contribution in [0.25, 0.3) is 0 Å². The third kappa shape index (κ3) is 5.55. The average molecular weight is 408 g/mol. The monoisotopic (exact) mass is 407 g/mol. The van der Waals surface area contributed by atoms with Gasteiger partial charge < -0.3 is 4.90 Å². The zero-order valence-electron chi connectivity index (χ0n) is 16.5. The fourth-order valence-electron chi connectivity index (χ4n) is 3.23. The van der Waals surface area contributed by atoms with E-state index in [0.29, 0.717) is 24.2 Å². The molecule has 3 aromatic carbocycles. The number of sulfone groups is 1. The number of amides is 1. The first-order chi connectivity index (χ1) is 14.0. The molecule has 0 spiro atoms. The number of benzene rings is 3. The van der Waals surface area contributed by atoms with Crippen molar-refractivity contribution in [2.24, 2.45) is 0 Å². The molecule has 0 saturated carbocycles. The molecule has 1 amide bonds. The minimum absolute atomic E-state index is 0.0883. The molecule has 0 atom stereocenters. The van der Waals surface area contributed by atoms with Crippen molar-refractivity contribution in [3.63, 3.8) is 0 Å². The summed E-state index contributed by atoms with van der Waals surface area (Å²) in [6, 6.07) is 25.2. The summed E-state index contributed by atoms with van der Waals surface area (Å²) in [6.07, 6.45) is 0.848. The Bertz CT molecular complexity index is 1050. The van der Waals surface area contributed by atoms with Gasteiger partial charge in [0, 0.05) is 18.7 Å². The van der Waals surface area contributed by atoms with Crippen molar-refractivity contribution in [1.82, 2.24) is 4.90 Å². The lowest BCUT2D eigenvalue weighted by atomic mass is 10.1. The van der Waals surface area contributed by atoms with Gasteiger partial charge in [-0.2, -0.15) is 0 Å². The summed E-state index contributed by atoms with van der Waals surface area (Å²) in [7, 11) is -3.46. The van der Waals surface area contributed by atoms with Crippen LogP contribution >= 0.6 is 0 Å². The van der Waals surface area contributed by atoms with Crippen molar-refractivity contribution in [3.05, 3.63) is 102 Å². The van der Waals surface area contributed by atoms with E-state index in [2.05, 4.69) is 0 Å². The van der Waals surface area contributed by atoms with Crippen LogP contribution in [-0.2, 0) is 22.1 Å². The Balaban J connectivity index is 1.80. The van der Waals surface area contributed by atoms with Gasteiger partial charge in [0.1, 0.15) is 0 Å². The molecule has 0 fully saturated rings. The highest BCUT2D eigenvalue weighted by Crippen LogP contribution is 2.18. The molecule has 3 rings (SSSR count). The van der Waals surface area contributed by atoms with Gasteiger partial charge in [0.05, 0.1) is 10.6 Å². The molecular formula is C24H25NO3S. The lowest BCUT2D eigenvalue weighted by Gasteiger charge is -2.22. The van der Waals surface area contributed by atoms with Crippen LogP contribution < -0.4 is 0 Å². The van der Waals surface area contributed by atoms with Crippen LogP contribution in [0.4, 0.5) is 0 Å². The van der Waals surface area contributed by atoms with Crippen LogP contribution in [0.15, 0.2) is 89.8 Å². The molecule has 0 unspecified atom stereocenters. The van der Waals surface area contributed by atoms with Gasteiger partial charge in [-0.15, -0.1) is 0 Å². The molecule has 5 heteroatoms. The SMILES string of the molecule is CCCN(Cc1ccccc1)C(=O)c1cccc(CS(=O)(=O)c2ccccc2)c1. The van der Waals surface area contributed by atoms with Crippen molar-refractivity contribution in [1.29, 1.82) is 0 Å². The Labute approximate surface area is 172 Å². The normalized spacial score (nSPS) is 11.2. The highest BCUT2D eigenvalue weighted by atomic mass is 32.2. The molecule has 0 bridgehead atoms. The van der Waals surface area contributed by atoms with E-state index in [1.807, 2.05) is 37.3 Å². The maximum atomic E-state index is 13.1. The van der Waals surface area contributed by atoms with Gasteiger partial charge in [-0.3, -0.25) is 4.79 Å². The van der Waals surface area contributed by atoms with Crippen molar-refractivity contribution in [2.75, 3.05) is 6.54 Å². The Morgan fingerprint density at radius 1 is 0.828 bits per heavy atom. The molecule has 0 N–H and O–H groups in total. The first kappa shape index (κ1) is 20.8. The molecule has 150 valence electrons. The number of nitrogens with zero attached hydrogens (tertiary/aromatic N) is 1. The second-order valence-electron chi connectivity index (χ2n) is 6.98. The van der Waals surface area contributed by atoms with E-state index in [1.165, 1.54) is 0 Å². The van der Waals surface area contributed by atoms with Gasteiger partial charge in [-0.25, -0.2) is 8.42 Å². The van der Waals surface area contributed by atoms with Gasteiger partial charge in [0.2, 0.25) is 0 Å². The van der Waals surface area contributed by atoms with Gasteiger partial charge in [-0.1, -0.05) is 67.6 Å². The van der Waals surface area contributed by atoms with E-state index < -0.39 is 9.84 Å². The zero-order valence-corrected chi connectivity index (χ0v) is 17.3. The largest absolute Gasteiger partial charge is 0.334 e. The highest BCUT2D eigenvalue weighted by Gasteiger charge is 2.18. The number of carbonyl (C=O) groups is 1. The lowest BCUT2D eigenvalue weighted by Crippen LogP contribution is -2.31. The van der Waals surface area contributed by atoms with Crippen LogP contribution in [0.1, 0.15) is 34.8 Å². The van der Waals surface area contributed by atoms with Gasteiger partial charge in [-0.05, 0) is 41.8 Å². The molecule has 0 radical (unpaired) electrons. The Morgan fingerprint density at radius 2 is 1.45 bits per heavy atom. The average Bonchev–Trinajstić information content (AvgIpc) is 2.74. The molecule has 0 saturated heterocycles. The predicted molar refractivity (Wildman–Crippen MR) is 115 cm³/mol. The van der Waals surface area contributed by atoms with Crippen molar-refractivity contribution >= 4 is 15.7 Å². The van der Waals surface area contributed by atoms with Crippen LogP contribution in [0.3, 0.4) is 0 Å². The van der Waals surface area contributed by atoms with E-state index in [1.54, 1.807) is 59.5 Å². The smallest absolute Gasteiger partial charge is 0.254 e. The summed E-state index contributed by atoms with van der Waals surface area (Å²) in [5, 5.41) is 0. The molecule has 29 heavy (non-hydrogen) atoms. The van der Waals surface area contributed by atoms with Crippen LogP contribution in [0.2, 0.25) is 0 Å². The predicted octanol–water partition coefficient (Wildman–Crippen LogP) is 4.71. The highest BCUT2D eigenvalue weighted by molar-refractivity contribution is 7.90. The molecule has 0 aliphatic carbocycles. The Hall–Kier alpha value is -2.92. The molecular weight excluding hydrogens is 382 g/mol. The van der Waals surface area contributed by atoms with E-state index >= 15 is 0 Å². The summed E-state index contributed by atoms with van der Waals surface area (Å²) < 4.78 is 25.3. The number of hydrogen-bond donors (Lipinski definition) is 0. The molecule has 0 aliphatic heterocycles. The molecule has 0 heterocycles.